The van der Waals surface area contributed by atoms with Gasteiger partial charge in [-0.05, 0) is 57.8 Å². The molecule has 2 aliphatic rings. The van der Waals surface area contributed by atoms with Crippen LogP contribution in [0.2, 0.25) is 0 Å². The maximum atomic E-state index is 14.4. The van der Waals surface area contributed by atoms with E-state index in [0.717, 1.165) is 128 Å². The number of aliphatic hydroxyl groups excluding tert-OH is 1. The quantitative estimate of drug-likeness (QED) is 0.0169. The van der Waals surface area contributed by atoms with Gasteiger partial charge in [-0.1, -0.05) is 238 Å². The minimum atomic E-state index is -3.21. The van der Waals surface area contributed by atoms with Crippen molar-refractivity contribution in [3.05, 3.63) is 37.5 Å². The molecule has 0 spiro atoms. The van der Waals surface area contributed by atoms with Crippen molar-refractivity contribution in [3.63, 3.8) is 0 Å². The van der Waals surface area contributed by atoms with E-state index in [1.807, 2.05) is 0 Å². The molecule has 2 aliphatic heterocycles. The summed E-state index contributed by atoms with van der Waals surface area (Å²) in [5.74, 6) is -1.18. The molecule has 0 bridgehead atoms. The van der Waals surface area contributed by atoms with Crippen molar-refractivity contribution in [1.82, 2.24) is 10.6 Å². The highest BCUT2D eigenvalue weighted by atomic mass is 31.1. The Morgan fingerprint density at radius 3 is 1.59 bits per heavy atom. The largest absolute Gasteiger partial charge is 0.509 e. The summed E-state index contributed by atoms with van der Waals surface area (Å²) in [4.78, 5) is 55.1. The summed E-state index contributed by atoms with van der Waals surface area (Å²) in [7, 11) is -0.0501. The van der Waals surface area contributed by atoms with Gasteiger partial charge in [0.15, 0.2) is 18.7 Å². The minimum absolute atomic E-state index is 0.0500. The summed E-state index contributed by atoms with van der Waals surface area (Å²) in [5.41, 5.74) is 0. The number of Topliss-reactive ketones (excluding diaryl/α,β-unsaturated/α-hetero) is 1. The van der Waals surface area contributed by atoms with Crippen molar-refractivity contribution >= 4 is 32.0 Å². The van der Waals surface area contributed by atoms with E-state index in [0.29, 0.717) is 25.7 Å². The average molecular weight is 1340 g/mol. The molecule has 20 heteroatoms. The molecule has 0 aromatic carbocycles. The zero-order valence-corrected chi connectivity index (χ0v) is 60.1. The monoisotopic (exact) mass is 1340 g/mol. The van der Waals surface area contributed by atoms with E-state index in [4.69, 9.17) is 51.7 Å². The van der Waals surface area contributed by atoms with Crippen LogP contribution in [-0.4, -0.2) is 150 Å². The van der Waals surface area contributed by atoms with Gasteiger partial charge < -0.3 is 67.4 Å². The Labute approximate surface area is 564 Å². The van der Waals surface area contributed by atoms with Crippen LogP contribution >= 0.6 is 8.25 Å². The molecule has 2 fully saturated rings. The lowest BCUT2D eigenvalue weighted by molar-refractivity contribution is -0.302. The van der Waals surface area contributed by atoms with Gasteiger partial charge in [0.25, 0.3) is 0 Å². The maximum absolute atomic E-state index is 14.4. The van der Waals surface area contributed by atoms with Crippen LogP contribution in [0.25, 0.3) is 0 Å². The summed E-state index contributed by atoms with van der Waals surface area (Å²) in [5, 5.41) is 18.0. The molecule has 8 unspecified atom stereocenters. The number of unbranched alkanes of at least 4 members (excludes halogenated alkanes) is 30. The van der Waals surface area contributed by atoms with Crippen molar-refractivity contribution in [3.8, 4) is 0 Å². The van der Waals surface area contributed by atoms with Crippen molar-refractivity contribution in [1.29, 1.82) is 0 Å². The van der Waals surface area contributed by atoms with E-state index >= 15 is 0 Å². The number of carbonyl (C=O) groups excluding carboxylic acids is 4. The molecule has 0 aromatic rings. The summed E-state index contributed by atoms with van der Waals surface area (Å²) in [6, 6.07) is -2.43. The molecule has 2 saturated heterocycles. The average Bonchev–Trinajstić information content (AvgIpc) is 0.947. The molecule has 19 nitrogen and oxygen atoms in total. The highest BCUT2D eigenvalue weighted by molar-refractivity contribution is 7.33. The third kappa shape index (κ3) is 41.7. The molecule has 12 atom stereocenters. The molecule has 93 heavy (non-hydrogen) atoms. The second-order valence-electron chi connectivity index (χ2n) is 25.6. The summed E-state index contributed by atoms with van der Waals surface area (Å²) < 4.78 is 81.5. The van der Waals surface area contributed by atoms with Crippen molar-refractivity contribution in [2.24, 2.45) is 0 Å². The van der Waals surface area contributed by atoms with Crippen molar-refractivity contribution in [2.45, 2.75) is 352 Å². The fourth-order valence-electron chi connectivity index (χ4n) is 12.0. The van der Waals surface area contributed by atoms with E-state index in [-0.39, 0.29) is 63.7 Å². The minimum Gasteiger partial charge on any atom is -0.430 e. The van der Waals surface area contributed by atoms with Crippen LogP contribution in [0.1, 0.15) is 285 Å². The van der Waals surface area contributed by atoms with Gasteiger partial charge in [0, 0.05) is 40.3 Å². The third-order valence-electron chi connectivity index (χ3n) is 17.4. The Morgan fingerprint density at radius 2 is 1.02 bits per heavy atom. The van der Waals surface area contributed by atoms with E-state index in [2.05, 4.69) is 63.6 Å². The van der Waals surface area contributed by atoms with E-state index < -0.39 is 94.6 Å². The fourth-order valence-corrected chi connectivity index (χ4v) is 12.8. The number of ketones is 1. The third-order valence-corrected chi connectivity index (χ3v) is 18.3. The number of allylic oxidation sites excluding steroid dienone is 2. The van der Waals surface area contributed by atoms with Gasteiger partial charge in [-0.2, -0.15) is 0 Å². The molecule has 0 aromatic heterocycles. The summed E-state index contributed by atoms with van der Waals surface area (Å²) >= 11 is 0. The van der Waals surface area contributed by atoms with Gasteiger partial charge in [0.2, 0.25) is 11.8 Å². The molecule has 2 rings (SSSR count). The van der Waals surface area contributed by atoms with Crippen LogP contribution in [0.5, 0.6) is 0 Å². The van der Waals surface area contributed by atoms with Gasteiger partial charge >= 0.3 is 14.4 Å². The Balaban J connectivity index is 2.54. The number of amides is 2. The molecule has 2 amide bonds. The van der Waals surface area contributed by atoms with Crippen molar-refractivity contribution < 1.29 is 80.5 Å². The lowest BCUT2D eigenvalue weighted by Gasteiger charge is -2.47. The van der Waals surface area contributed by atoms with Crippen LogP contribution < -0.4 is 10.6 Å². The molecule has 2 heterocycles. The number of ether oxygens (including phenoxy) is 9. The first-order valence-electron chi connectivity index (χ1n) is 36.9. The zero-order valence-electron chi connectivity index (χ0n) is 59.1. The molecule has 542 valence electrons. The lowest BCUT2D eigenvalue weighted by atomic mass is 9.95. The maximum Gasteiger partial charge on any atom is 0.509 e. The number of aliphatic hydroxyl groups is 1. The highest BCUT2D eigenvalue weighted by Crippen LogP contribution is 2.37. The van der Waals surface area contributed by atoms with E-state index in [9.17, 15) is 28.8 Å². The number of rotatable bonds is 63. The highest BCUT2D eigenvalue weighted by Gasteiger charge is 2.53. The number of methoxy groups -OCH3 is 2. The normalized spacial score (nSPS) is 22.1. The number of hydrogen-bond donors (Lipinski definition) is 3. The second-order valence-corrected chi connectivity index (χ2v) is 26.6. The molecule has 0 radical (unpaired) electrons. The van der Waals surface area contributed by atoms with Crippen LogP contribution in [0.3, 0.4) is 0 Å². The first kappa shape index (κ1) is 86.0. The van der Waals surface area contributed by atoms with Gasteiger partial charge in [0.1, 0.15) is 55.0 Å². The Kier molecular flexibility index (Phi) is 54.6. The molecule has 0 saturated carbocycles. The van der Waals surface area contributed by atoms with E-state index in [1.165, 1.54) is 103 Å². The predicted octanol–water partition coefficient (Wildman–Crippen LogP) is 16.3. The molecular weight excluding hydrogens is 1210 g/mol. The Bertz CT molecular complexity index is 1930. The Morgan fingerprint density at radius 1 is 0.527 bits per heavy atom. The van der Waals surface area contributed by atoms with Gasteiger partial charge in [-0.15, -0.1) is 6.58 Å². The topological polar surface area (TPSA) is 231 Å². The van der Waals surface area contributed by atoms with Gasteiger partial charge in [0.05, 0.1) is 32.3 Å². The SMILES string of the molecule is C=CCOC(=O)O[C@@H]1C(COC2OC(COC)[C@@H](O[PH](=O)OCC=C)C(OCCC(CCCCCCC)OC)[C@H]2NC(=O)CCCCCCCCC/C=C\CCCCCC)OC(O)[C@H](NC(=O)CC(=O)CCCCCCCCCCC)C1OCCCCCCCCCC. The summed E-state index contributed by atoms with van der Waals surface area (Å²) in [6.45, 7) is 15.7. The smallest absolute Gasteiger partial charge is 0.430 e. The van der Waals surface area contributed by atoms with Crippen LogP contribution in [-0.2, 0) is 70.6 Å². The van der Waals surface area contributed by atoms with Crippen molar-refractivity contribution in [2.75, 3.05) is 53.9 Å². The molecule has 0 aliphatic carbocycles. The number of hydrogen-bond acceptors (Lipinski definition) is 17. The van der Waals surface area contributed by atoms with Crippen LogP contribution in [0.4, 0.5) is 4.79 Å². The fraction of sp³-hybridized carbons (Fsp3) is 0.863. The van der Waals surface area contributed by atoms with Crippen LogP contribution in [0.15, 0.2) is 37.5 Å². The zero-order chi connectivity index (χ0) is 67.8. The number of nitrogens with one attached hydrogen (secondary N) is 2. The van der Waals surface area contributed by atoms with Gasteiger partial charge in [-0.3, -0.25) is 18.9 Å². The predicted molar refractivity (Wildman–Crippen MR) is 369 cm³/mol. The van der Waals surface area contributed by atoms with Crippen LogP contribution in [0, 0.1) is 0 Å². The standard InChI is InChI=1S/C73H133N2O17P/c1-9-15-19-23-26-29-30-31-32-33-34-36-38-42-46-50-63(77)74-66-70(85-55-51-60(83-8)49-45-40-22-18-12-4)68(92-93(81)88-53-14-6)61(57-82-7)90-72(66)87-58-62-67(91-73(80)86-52-13-5)69(84-54-47-43-39-28-25-21-17-11-3)65(71(79)89-62)75-64(78)56-59(76)48-44-41-37-35-27-24-20-16-10-2/h13-14,29-30,60-62,65-72,79,93H,5-6,9-12,15-28,31-58H2,1-4,7-8H3,(H,74,77)(H,75,78)/b30-29-/t60?,61?,62?,65-,66-,67-,68-,69?,70?,71?,72?/m1/s1. The second kappa shape index (κ2) is 59.0. The van der Waals surface area contributed by atoms with E-state index in [1.54, 1.807) is 7.11 Å². The Hall–Kier alpha value is -3.07. The molecular formula is C73H133N2O17P. The number of carbonyl (C=O) groups is 4. The first-order valence-corrected chi connectivity index (χ1v) is 38.1. The lowest BCUT2D eigenvalue weighted by Crippen LogP contribution is -2.68. The van der Waals surface area contributed by atoms with Gasteiger partial charge in [-0.25, -0.2) is 4.79 Å². The molecule has 3 N–H and O–H groups in total. The summed E-state index contributed by atoms with van der Waals surface area (Å²) in [6.07, 6.45) is 35.2. The first-order chi connectivity index (χ1) is 45.4.